The molecule has 76 heavy (non-hydrogen) atoms. The summed E-state index contributed by atoms with van der Waals surface area (Å²) in [5, 5.41) is 33.3. The molecule has 17 heteroatoms. The van der Waals surface area contributed by atoms with E-state index < -0.39 is 57.2 Å². The van der Waals surface area contributed by atoms with Crippen molar-refractivity contribution in [1.82, 2.24) is 10.6 Å². The summed E-state index contributed by atoms with van der Waals surface area (Å²) in [4.78, 5) is 62.7. The standard InChI is InChI=1S/C59H74N4O12S/c1-6-7-12-35-62-49-21-10-8-19-46(49)58(2,3)51(62)32-26-41-17-15-18-42(27-33-52-59(4,5)47-20-9-11-22-50(47)63(52)36-13-14-37-76(72,73)74)54(41)75-45-29-24-40(25-30-45)38-43(55(67)68)39-44(64)28-31-48(56(69)70)61-57(71)60-34-16-23-53(65)66/h8-11,19-22,24-27,29-30,32-33,43,48H,6-7,12-18,23,28,31,34-39H2,1-5H3,(H5-,60,61,65,66,67,68,69,70,71,72,73,74)/p+1/t43-,48+/m1/s1. The SMILES string of the molecule is CCCCC[N+]1=C(C=CC2=C(Oc3ccc(C[C@H](CC(=O)CC[C@H](NC(=O)NCCCC(=O)O)C(=O)O)C(=O)O)cc3)C(=CC=C3N(CCCCS(=O)(=O)O)c4ccccc4C3(C)C)CCC2)C(C)(C)c2ccccc21. The summed E-state index contributed by atoms with van der Waals surface area (Å²) in [6.07, 6.45) is 14.3. The van der Waals surface area contributed by atoms with Crippen LogP contribution in [0, 0.1) is 5.92 Å². The Labute approximate surface area is 447 Å². The molecule has 0 unspecified atom stereocenters. The van der Waals surface area contributed by atoms with Crippen LogP contribution in [0.3, 0.4) is 0 Å². The van der Waals surface area contributed by atoms with E-state index in [1.54, 1.807) is 24.3 Å². The largest absolute Gasteiger partial charge is 0.481 e. The van der Waals surface area contributed by atoms with Crippen molar-refractivity contribution in [3.63, 3.8) is 0 Å². The van der Waals surface area contributed by atoms with Crippen LogP contribution in [-0.2, 0) is 46.5 Å². The molecule has 0 saturated heterocycles. The first-order valence-electron chi connectivity index (χ1n) is 26.5. The summed E-state index contributed by atoms with van der Waals surface area (Å²) < 4.78 is 42.0. The van der Waals surface area contributed by atoms with E-state index in [4.69, 9.17) is 9.84 Å². The molecule has 2 amide bonds. The van der Waals surface area contributed by atoms with Crippen LogP contribution in [0.2, 0.25) is 0 Å². The Morgan fingerprint density at radius 3 is 2.20 bits per heavy atom. The van der Waals surface area contributed by atoms with Gasteiger partial charge in [0.15, 0.2) is 5.71 Å². The number of carbonyl (C=O) groups is 5. The number of carbonyl (C=O) groups excluding carboxylic acids is 2. The Morgan fingerprint density at radius 2 is 1.51 bits per heavy atom. The number of ether oxygens (including phenoxy) is 1. The van der Waals surface area contributed by atoms with Gasteiger partial charge in [-0.15, -0.1) is 0 Å². The van der Waals surface area contributed by atoms with E-state index in [0.717, 1.165) is 73.2 Å². The Kier molecular flexibility index (Phi) is 20.2. The van der Waals surface area contributed by atoms with Gasteiger partial charge >= 0.3 is 23.9 Å². The summed E-state index contributed by atoms with van der Waals surface area (Å²) in [5.74, 6) is -4.23. The van der Waals surface area contributed by atoms with E-state index in [2.05, 4.69) is 115 Å². The minimum absolute atomic E-state index is 0.0123. The van der Waals surface area contributed by atoms with E-state index in [1.807, 2.05) is 12.1 Å². The lowest BCUT2D eigenvalue weighted by molar-refractivity contribution is -0.438. The van der Waals surface area contributed by atoms with Crippen LogP contribution in [0.1, 0.15) is 135 Å². The average Bonchev–Trinajstić information content (AvgIpc) is 3.77. The first kappa shape index (κ1) is 58.4. The lowest BCUT2D eigenvalue weighted by Crippen LogP contribution is -2.46. The van der Waals surface area contributed by atoms with Crippen LogP contribution in [0.15, 0.2) is 120 Å². The van der Waals surface area contributed by atoms with Crippen molar-refractivity contribution < 1.29 is 61.6 Å². The average molecular weight is 1060 g/mol. The predicted octanol–water partition coefficient (Wildman–Crippen LogP) is 10.2. The van der Waals surface area contributed by atoms with Crippen molar-refractivity contribution in [2.75, 3.05) is 30.3 Å². The second-order valence-corrected chi connectivity index (χ2v) is 22.6. The highest BCUT2D eigenvalue weighted by Crippen LogP contribution is 2.48. The van der Waals surface area contributed by atoms with E-state index in [9.17, 15) is 47.2 Å². The zero-order chi connectivity index (χ0) is 55.2. The summed E-state index contributed by atoms with van der Waals surface area (Å²) in [6.45, 7) is 12.6. The number of nitrogens with one attached hydrogen (secondary N) is 2. The maximum absolute atomic E-state index is 13.1. The Morgan fingerprint density at radius 1 is 0.803 bits per heavy atom. The smallest absolute Gasteiger partial charge is 0.326 e. The Balaban J connectivity index is 1.28. The molecule has 3 aliphatic rings. The number of allylic oxidation sites excluding steroid dienone is 7. The number of hydrogen-bond donors (Lipinski definition) is 6. The van der Waals surface area contributed by atoms with Crippen molar-refractivity contribution in [3.05, 3.63) is 136 Å². The molecule has 3 aromatic carbocycles. The Bertz CT molecular complexity index is 2900. The number of para-hydroxylation sites is 2. The molecule has 0 bridgehead atoms. The number of carboxylic acid groups (broad SMARTS) is 3. The monoisotopic (exact) mass is 1060 g/mol. The maximum atomic E-state index is 13.1. The number of benzene rings is 3. The second-order valence-electron chi connectivity index (χ2n) is 21.0. The maximum Gasteiger partial charge on any atom is 0.326 e. The quantitative estimate of drug-likeness (QED) is 0.0226. The molecule has 2 aliphatic heterocycles. The molecule has 1 aliphatic carbocycles. The second kappa shape index (κ2) is 26.3. The van der Waals surface area contributed by atoms with Gasteiger partial charge in [-0.3, -0.25) is 18.9 Å². The van der Waals surface area contributed by atoms with Crippen LogP contribution < -0.4 is 20.3 Å². The van der Waals surface area contributed by atoms with Crippen LogP contribution in [0.5, 0.6) is 5.75 Å². The number of fused-ring (bicyclic) bond motifs is 2. The zero-order valence-corrected chi connectivity index (χ0v) is 45.3. The third kappa shape index (κ3) is 15.4. The van der Waals surface area contributed by atoms with Crippen molar-refractivity contribution in [2.45, 2.75) is 141 Å². The minimum atomic E-state index is -4.09. The van der Waals surface area contributed by atoms with Crippen molar-refractivity contribution >= 4 is 56.9 Å². The number of anilines is 1. The molecular formula is C59H75N4O12S+. The molecule has 408 valence electrons. The van der Waals surface area contributed by atoms with Gasteiger partial charge in [0, 0.05) is 73.3 Å². The van der Waals surface area contributed by atoms with E-state index in [0.29, 0.717) is 36.5 Å². The minimum Gasteiger partial charge on any atom is -0.481 e. The van der Waals surface area contributed by atoms with Gasteiger partial charge in [-0.1, -0.05) is 81.8 Å². The number of nitrogens with zero attached hydrogens (tertiary/aromatic N) is 2. The highest BCUT2D eigenvalue weighted by Gasteiger charge is 2.44. The van der Waals surface area contributed by atoms with Crippen LogP contribution in [0.4, 0.5) is 16.2 Å². The molecule has 6 N–H and O–H groups in total. The number of unbranched alkanes of at least 4 members (excludes halogenated alkanes) is 3. The fraction of sp³-hybridized carbons (Fsp3) is 0.458. The van der Waals surface area contributed by atoms with Crippen LogP contribution >= 0.6 is 0 Å². The molecule has 0 radical (unpaired) electrons. The first-order chi connectivity index (χ1) is 36.1. The molecule has 16 nitrogen and oxygen atoms in total. The number of hydrogen-bond acceptors (Lipinski definition) is 9. The van der Waals surface area contributed by atoms with Gasteiger partial charge in [-0.2, -0.15) is 13.0 Å². The predicted molar refractivity (Wildman–Crippen MR) is 293 cm³/mol. The molecule has 2 heterocycles. The van der Waals surface area contributed by atoms with Gasteiger partial charge in [-0.05, 0) is 124 Å². The molecule has 0 aromatic heterocycles. The van der Waals surface area contributed by atoms with Gasteiger partial charge in [0.25, 0.3) is 10.1 Å². The number of rotatable bonds is 28. The fourth-order valence-electron chi connectivity index (χ4n) is 10.5. The normalized spacial score (nSPS) is 17.7. The topological polar surface area (TPSA) is 240 Å². The first-order valence-corrected chi connectivity index (χ1v) is 28.1. The van der Waals surface area contributed by atoms with E-state index in [1.165, 1.54) is 17.0 Å². The highest BCUT2D eigenvalue weighted by molar-refractivity contribution is 7.85. The van der Waals surface area contributed by atoms with Gasteiger partial charge in [-0.25, -0.2) is 9.59 Å². The molecule has 0 saturated carbocycles. The molecule has 6 rings (SSSR count). The highest BCUT2D eigenvalue weighted by atomic mass is 32.2. The summed E-state index contributed by atoms with van der Waals surface area (Å²) in [7, 11) is -4.09. The number of aliphatic carboxylic acids is 3. The van der Waals surface area contributed by atoms with Crippen LogP contribution in [0.25, 0.3) is 0 Å². The summed E-state index contributed by atoms with van der Waals surface area (Å²) in [5.41, 5.74) is 8.94. The number of carboxylic acids is 3. The molecule has 0 spiro atoms. The van der Waals surface area contributed by atoms with Gasteiger partial charge in [0.2, 0.25) is 5.69 Å². The van der Waals surface area contributed by atoms with Crippen molar-refractivity contribution in [1.29, 1.82) is 0 Å². The van der Waals surface area contributed by atoms with Gasteiger partial charge in [0.05, 0.1) is 17.1 Å². The van der Waals surface area contributed by atoms with Gasteiger partial charge < -0.3 is 35.6 Å². The lowest BCUT2D eigenvalue weighted by Gasteiger charge is -2.27. The molecule has 3 aromatic rings. The number of ketones is 1. The fourth-order valence-corrected chi connectivity index (χ4v) is 11.1. The number of urea groups is 1. The van der Waals surface area contributed by atoms with Crippen LogP contribution in [-0.4, -0.2) is 99.7 Å². The third-order valence-corrected chi connectivity index (χ3v) is 15.4. The molecular weight excluding hydrogens is 989 g/mol. The van der Waals surface area contributed by atoms with E-state index in [-0.39, 0.29) is 56.2 Å². The third-order valence-electron chi connectivity index (χ3n) is 14.6. The van der Waals surface area contributed by atoms with Crippen molar-refractivity contribution in [2.24, 2.45) is 5.92 Å². The molecule has 0 fully saturated rings. The molecule has 2 atom stereocenters. The lowest BCUT2D eigenvalue weighted by atomic mass is 9.81. The Hall–Kier alpha value is -6.85. The van der Waals surface area contributed by atoms with Gasteiger partial charge in [0.1, 0.15) is 29.9 Å². The van der Waals surface area contributed by atoms with E-state index >= 15 is 0 Å². The number of Topliss-reactive ketones (excluding diaryl/α,β-unsaturated/α-hetero) is 1. The number of amides is 2. The summed E-state index contributed by atoms with van der Waals surface area (Å²) in [6, 6.07) is 21.7. The van der Waals surface area contributed by atoms with Crippen molar-refractivity contribution in [3.8, 4) is 5.75 Å². The summed E-state index contributed by atoms with van der Waals surface area (Å²) >= 11 is 0. The zero-order valence-electron chi connectivity index (χ0n) is 44.5.